The van der Waals surface area contributed by atoms with Gasteiger partial charge in [-0.1, -0.05) is 6.92 Å². The molecule has 14 heavy (non-hydrogen) atoms. The topological polar surface area (TPSA) is 18.5 Å². The Morgan fingerprint density at radius 2 is 2.00 bits per heavy atom. The van der Waals surface area contributed by atoms with Crippen molar-refractivity contribution >= 4 is 0 Å². The van der Waals surface area contributed by atoms with Gasteiger partial charge in [0.15, 0.2) is 5.79 Å². The Balaban J connectivity index is 2.00. The van der Waals surface area contributed by atoms with Gasteiger partial charge in [0.25, 0.3) is 5.92 Å². The Hall–Kier alpha value is -0.220. The molecular formula is C10H16F2O2. The van der Waals surface area contributed by atoms with E-state index in [0.717, 1.165) is 0 Å². The van der Waals surface area contributed by atoms with E-state index in [9.17, 15) is 8.78 Å². The van der Waals surface area contributed by atoms with Crippen LogP contribution in [0.5, 0.6) is 0 Å². The molecule has 1 saturated heterocycles. The van der Waals surface area contributed by atoms with Crippen LogP contribution in [0.1, 0.15) is 27.2 Å². The summed E-state index contributed by atoms with van der Waals surface area (Å²) in [6.45, 7) is 5.60. The van der Waals surface area contributed by atoms with Crippen molar-refractivity contribution in [2.24, 2.45) is 11.8 Å². The van der Waals surface area contributed by atoms with E-state index in [4.69, 9.17) is 9.47 Å². The molecule has 0 aromatic heterocycles. The molecule has 82 valence electrons. The maximum Gasteiger partial charge on any atom is 0.257 e. The average molecular weight is 206 g/mol. The van der Waals surface area contributed by atoms with Gasteiger partial charge in [0.05, 0.1) is 18.6 Å². The van der Waals surface area contributed by atoms with Gasteiger partial charge in [0, 0.05) is 5.92 Å². The minimum absolute atomic E-state index is 0.295. The van der Waals surface area contributed by atoms with Crippen LogP contribution >= 0.6 is 0 Å². The Bertz CT molecular complexity index is 240. The molecule has 0 aromatic rings. The molecule has 0 amide bonds. The zero-order valence-electron chi connectivity index (χ0n) is 8.72. The lowest BCUT2D eigenvalue weighted by Crippen LogP contribution is -2.23. The summed E-state index contributed by atoms with van der Waals surface area (Å²) in [7, 11) is 0. The fraction of sp³-hybridized carbons (Fsp3) is 1.00. The number of rotatable bonds is 2. The van der Waals surface area contributed by atoms with Crippen LogP contribution in [0.4, 0.5) is 8.78 Å². The van der Waals surface area contributed by atoms with Crippen LogP contribution in [0.15, 0.2) is 0 Å². The van der Waals surface area contributed by atoms with Gasteiger partial charge in [-0.3, -0.25) is 0 Å². The highest BCUT2D eigenvalue weighted by atomic mass is 19.3. The normalized spacial score (nSPS) is 43.9. The number of alkyl halides is 2. The van der Waals surface area contributed by atoms with Gasteiger partial charge < -0.3 is 9.47 Å². The third-order valence-electron chi connectivity index (χ3n) is 3.13. The summed E-state index contributed by atoms with van der Waals surface area (Å²) in [5.41, 5.74) is 0. The van der Waals surface area contributed by atoms with Gasteiger partial charge in [-0.15, -0.1) is 0 Å². The Labute approximate surface area is 82.6 Å². The molecule has 0 spiro atoms. The molecule has 2 rings (SSSR count). The van der Waals surface area contributed by atoms with Crippen molar-refractivity contribution in [3.05, 3.63) is 0 Å². The second kappa shape index (κ2) is 2.89. The lowest BCUT2D eigenvalue weighted by Gasteiger charge is -2.16. The van der Waals surface area contributed by atoms with E-state index < -0.39 is 29.6 Å². The molecule has 1 heterocycles. The molecule has 1 aliphatic carbocycles. The first-order chi connectivity index (χ1) is 6.38. The fourth-order valence-electron chi connectivity index (χ4n) is 2.34. The third kappa shape index (κ3) is 1.44. The van der Waals surface area contributed by atoms with Crippen LogP contribution in [-0.2, 0) is 9.47 Å². The molecule has 1 saturated carbocycles. The van der Waals surface area contributed by atoms with Gasteiger partial charge >= 0.3 is 0 Å². The first-order valence-electron chi connectivity index (χ1n) is 5.08. The zero-order chi connectivity index (χ0) is 10.6. The Kier molecular flexibility index (Phi) is 2.13. The summed E-state index contributed by atoms with van der Waals surface area (Å²) in [6, 6.07) is 0. The number of hydrogen-bond acceptors (Lipinski definition) is 2. The smallest absolute Gasteiger partial charge is 0.257 e. The first kappa shape index (κ1) is 10.3. The average Bonchev–Trinajstić information content (AvgIpc) is 2.41. The maximum atomic E-state index is 13.2. The molecule has 0 N–H and O–H groups in total. The highest BCUT2D eigenvalue weighted by Crippen LogP contribution is 2.60. The van der Waals surface area contributed by atoms with Crippen molar-refractivity contribution in [3.8, 4) is 0 Å². The largest absolute Gasteiger partial charge is 0.348 e. The standard InChI is InChI=1S/C10H16F2O2/c1-4-6-8(10(6,11)12)7-5-13-9(2,3)14-7/h6-8H,4-5H2,1-3H3/t6-,7+,8+/m0/s1. The summed E-state index contributed by atoms with van der Waals surface area (Å²) in [6.07, 6.45) is 0.0859. The molecule has 4 heteroatoms. The summed E-state index contributed by atoms with van der Waals surface area (Å²) < 4.78 is 37.2. The predicted octanol–water partition coefficient (Wildman–Crippen LogP) is 2.43. The van der Waals surface area contributed by atoms with Crippen molar-refractivity contribution < 1.29 is 18.3 Å². The molecular weight excluding hydrogens is 190 g/mol. The SMILES string of the molecule is CC[C@H]1[C@H]([C@H]2COC(C)(C)O2)C1(F)F. The minimum Gasteiger partial charge on any atom is -0.348 e. The molecule has 2 nitrogen and oxygen atoms in total. The molecule has 0 radical (unpaired) electrons. The molecule has 2 fully saturated rings. The first-order valence-corrected chi connectivity index (χ1v) is 5.08. The van der Waals surface area contributed by atoms with Gasteiger partial charge in [-0.2, -0.15) is 0 Å². The molecule has 3 atom stereocenters. The summed E-state index contributed by atoms with van der Waals surface area (Å²) in [4.78, 5) is 0. The van der Waals surface area contributed by atoms with Crippen LogP contribution in [0, 0.1) is 11.8 Å². The molecule has 0 bridgehead atoms. The molecule has 0 aromatic carbocycles. The number of ether oxygens (including phenoxy) is 2. The Morgan fingerprint density at radius 1 is 1.36 bits per heavy atom. The van der Waals surface area contributed by atoms with Crippen molar-refractivity contribution in [1.82, 2.24) is 0 Å². The third-order valence-corrected chi connectivity index (χ3v) is 3.13. The molecule has 1 aliphatic heterocycles. The Morgan fingerprint density at radius 3 is 2.36 bits per heavy atom. The van der Waals surface area contributed by atoms with E-state index in [2.05, 4.69) is 0 Å². The van der Waals surface area contributed by atoms with Gasteiger partial charge in [-0.25, -0.2) is 8.78 Å². The fourth-order valence-corrected chi connectivity index (χ4v) is 2.34. The lowest BCUT2D eigenvalue weighted by molar-refractivity contribution is -0.143. The van der Waals surface area contributed by atoms with Gasteiger partial charge in [0.1, 0.15) is 0 Å². The van der Waals surface area contributed by atoms with E-state index in [-0.39, 0.29) is 0 Å². The lowest BCUT2D eigenvalue weighted by atomic mass is 10.2. The van der Waals surface area contributed by atoms with Crippen LogP contribution in [0.25, 0.3) is 0 Å². The summed E-state index contributed by atoms with van der Waals surface area (Å²) in [5, 5.41) is 0. The monoisotopic (exact) mass is 206 g/mol. The van der Waals surface area contributed by atoms with E-state index in [1.54, 1.807) is 20.8 Å². The van der Waals surface area contributed by atoms with Crippen molar-refractivity contribution in [3.63, 3.8) is 0 Å². The van der Waals surface area contributed by atoms with Crippen molar-refractivity contribution in [2.75, 3.05) is 6.61 Å². The number of halogens is 2. The summed E-state index contributed by atoms with van der Waals surface area (Å²) in [5.74, 6) is -4.37. The molecule has 2 aliphatic rings. The van der Waals surface area contributed by atoms with Crippen molar-refractivity contribution in [2.45, 2.75) is 45.0 Å². The number of hydrogen-bond donors (Lipinski definition) is 0. The maximum absolute atomic E-state index is 13.2. The van der Waals surface area contributed by atoms with Crippen LogP contribution in [-0.4, -0.2) is 24.4 Å². The summed E-state index contributed by atoms with van der Waals surface area (Å²) >= 11 is 0. The van der Waals surface area contributed by atoms with E-state index in [0.29, 0.717) is 13.0 Å². The van der Waals surface area contributed by atoms with E-state index in [1.807, 2.05) is 0 Å². The highest BCUT2D eigenvalue weighted by molar-refractivity contribution is 5.09. The predicted molar refractivity (Wildman–Crippen MR) is 47.1 cm³/mol. The van der Waals surface area contributed by atoms with Gasteiger partial charge in [-0.05, 0) is 20.3 Å². The van der Waals surface area contributed by atoms with Crippen molar-refractivity contribution in [1.29, 1.82) is 0 Å². The van der Waals surface area contributed by atoms with Crippen LogP contribution < -0.4 is 0 Å². The van der Waals surface area contributed by atoms with E-state index >= 15 is 0 Å². The second-order valence-electron chi connectivity index (χ2n) is 4.58. The van der Waals surface area contributed by atoms with Gasteiger partial charge in [0.2, 0.25) is 0 Å². The van der Waals surface area contributed by atoms with Crippen LogP contribution in [0.2, 0.25) is 0 Å². The van der Waals surface area contributed by atoms with Crippen LogP contribution in [0.3, 0.4) is 0 Å². The molecule has 0 unspecified atom stereocenters. The second-order valence-corrected chi connectivity index (χ2v) is 4.58. The zero-order valence-corrected chi connectivity index (χ0v) is 8.72. The highest BCUT2D eigenvalue weighted by Gasteiger charge is 2.71. The minimum atomic E-state index is -2.54. The quantitative estimate of drug-likeness (QED) is 0.690. The van der Waals surface area contributed by atoms with E-state index in [1.165, 1.54) is 0 Å².